The number of ether oxygens (including phenoxy) is 2. The molecule has 0 amide bonds. The standard InChI is InChI=1S/C15H23NO2/c1-17-14-7-2-5-12(11-14)15(16)9-3-6-13-8-4-10-18-13/h2,5,7,11,13,15H,3-4,6,8-10,16H2,1H3. The maximum Gasteiger partial charge on any atom is 0.119 e. The van der Waals surface area contributed by atoms with E-state index in [1.54, 1.807) is 7.11 Å². The molecule has 0 bridgehead atoms. The molecule has 0 saturated carbocycles. The van der Waals surface area contributed by atoms with E-state index >= 15 is 0 Å². The molecule has 2 rings (SSSR count). The molecule has 1 aromatic rings. The fourth-order valence-corrected chi connectivity index (χ4v) is 2.48. The molecule has 100 valence electrons. The van der Waals surface area contributed by atoms with Crippen molar-refractivity contribution in [2.24, 2.45) is 5.73 Å². The molecule has 3 heteroatoms. The molecule has 0 radical (unpaired) electrons. The lowest BCUT2D eigenvalue weighted by Gasteiger charge is -2.14. The van der Waals surface area contributed by atoms with Crippen LogP contribution in [0.25, 0.3) is 0 Å². The van der Waals surface area contributed by atoms with Gasteiger partial charge >= 0.3 is 0 Å². The Morgan fingerprint density at radius 2 is 2.39 bits per heavy atom. The monoisotopic (exact) mass is 249 g/mol. The Kier molecular flexibility index (Phi) is 5.02. The summed E-state index contributed by atoms with van der Waals surface area (Å²) in [5.74, 6) is 0.877. The number of rotatable bonds is 6. The summed E-state index contributed by atoms with van der Waals surface area (Å²) in [6.45, 7) is 0.937. The summed E-state index contributed by atoms with van der Waals surface area (Å²) < 4.78 is 10.8. The van der Waals surface area contributed by atoms with Gasteiger partial charge in [-0.3, -0.25) is 0 Å². The molecule has 3 nitrogen and oxygen atoms in total. The van der Waals surface area contributed by atoms with Gasteiger partial charge in [0.1, 0.15) is 5.75 Å². The lowest BCUT2D eigenvalue weighted by molar-refractivity contribution is 0.101. The number of methoxy groups -OCH3 is 1. The molecule has 1 aromatic carbocycles. The van der Waals surface area contributed by atoms with Crippen LogP contribution in [0.15, 0.2) is 24.3 Å². The summed E-state index contributed by atoms with van der Waals surface area (Å²) >= 11 is 0. The third-order valence-electron chi connectivity index (χ3n) is 3.59. The van der Waals surface area contributed by atoms with Gasteiger partial charge in [-0.2, -0.15) is 0 Å². The average Bonchev–Trinajstić information content (AvgIpc) is 2.92. The predicted molar refractivity (Wildman–Crippen MR) is 72.7 cm³/mol. The van der Waals surface area contributed by atoms with E-state index < -0.39 is 0 Å². The van der Waals surface area contributed by atoms with Crippen molar-refractivity contribution in [3.63, 3.8) is 0 Å². The molecular formula is C15H23NO2. The summed E-state index contributed by atoms with van der Waals surface area (Å²) in [7, 11) is 1.68. The first-order valence-electron chi connectivity index (χ1n) is 6.80. The second-order valence-electron chi connectivity index (χ2n) is 4.95. The fraction of sp³-hybridized carbons (Fsp3) is 0.600. The summed E-state index contributed by atoms with van der Waals surface area (Å²) in [6, 6.07) is 8.13. The zero-order valence-corrected chi connectivity index (χ0v) is 11.1. The summed E-state index contributed by atoms with van der Waals surface area (Å²) in [6.07, 6.45) is 6.18. The highest BCUT2D eigenvalue weighted by atomic mass is 16.5. The van der Waals surface area contributed by atoms with Crippen LogP contribution in [0.3, 0.4) is 0 Å². The first-order chi connectivity index (χ1) is 8.79. The van der Waals surface area contributed by atoms with E-state index in [0.717, 1.165) is 37.2 Å². The number of nitrogens with two attached hydrogens (primary N) is 1. The second kappa shape index (κ2) is 6.76. The molecule has 1 heterocycles. The zero-order valence-electron chi connectivity index (χ0n) is 11.1. The van der Waals surface area contributed by atoms with E-state index in [-0.39, 0.29) is 6.04 Å². The van der Waals surface area contributed by atoms with Gasteiger partial charge < -0.3 is 15.2 Å². The minimum absolute atomic E-state index is 0.0986. The van der Waals surface area contributed by atoms with E-state index in [4.69, 9.17) is 15.2 Å². The number of hydrogen-bond donors (Lipinski definition) is 1. The Hall–Kier alpha value is -1.06. The molecule has 1 aliphatic rings. The van der Waals surface area contributed by atoms with Gasteiger partial charge in [0.05, 0.1) is 13.2 Å². The second-order valence-corrected chi connectivity index (χ2v) is 4.95. The van der Waals surface area contributed by atoms with Crippen molar-refractivity contribution in [3.8, 4) is 5.75 Å². The Labute approximate surface area is 109 Å². The number of benzene rings is 1. The molecule has 2 unspecified atom stereocenters. The van der Waals surface area contributed by atoms with Crippen LogP contribution in [-0.2, 0) is 4.74 Å². The molecule has 18 heavy (non-hydrogen) atoms. The average molecular weight is 249 g/mol. The van der Waals surface area contributed by atoms with Crippen molar-refractivity contribution in [2.75, 3.05) is 13.7 Å². The van der Waals surface area contributed by atoms with Crippen molar-refractivity contribution in [1.29, 1.82) is 0 Å². The van der Waals surface area contributed by atoms with E-state index in [1.807, 2.05) is 18.2 Å². The minimum atomic E-state index is 0.0986. The van der Waals surface area contributed by atoms with E-state index in [1.165, 1.54) is 12.8 Å². The lowest BCUT2D eigenvalue weighted by Crippen LogP contribution is -2.12. The van der Waals surface area contributed by atoms with E-state index in [2.05, 4.69) is 6.07 Å². The van der Waals surface area contributed by atoms with Crippen LogP contribution in [0.5, 0.6) is 5.75 Å². The van der Waals surface area contributed by atoms with Crippen LogP contribution in [0.2, 0.25) is 0 Å². The third-order valence-corrected chi connectivity index (χ3v) is 3.59. The number of hydrogen-bond acceptors (Lipinski definition) is 3. The van der Waals surface area contributed by atoms with Crippen LogP contribution < -0.4 is 10.5 Å². The van der Waals surface area contributed by atoms with Crippen molar-refractivity contribution >= 4 is 0 Å². The smallest absolute Gasteiger partial charge is 0.119 e. The molecular weight excluding hydrogens is 226 g/mol. The van der Waals surface area contributed by atoms with Crippen LogP contribution >= 0.6 is 0 Å². The molecule has 1 aliphatic heterocycles. The van der Waals surface area contributed by atoms with Crippen LogP contribution in [0.1, 0.15) is 43.7 Å². The van der Waals surface area contributed by atoms with Crippen molar-refractivity contribution in [1.82, 2.24) is 0 Å². The Morgan fingerprint density at radius 3 is 3.11 bits per heavy atom. The molecule has 0 aliphatic carbocycles. The van der Waals surface area contributed by atoms with Gasteiger partial charge in [0.2, 0.25) is 0 Å². The van der Waals surface area contributed by atoms with Gasteiger partial charge in [0.25, 0.3) is 0 Å². The van der Waals surface area contributed by atoms with Crippen LogP contribution in [0, 0.1) is 0 Å². The van der Waals surface area contributed by atoms with Gasteiger partial charge in [0.15, 0.2) is 0 Å². The first-order valence-corrected chi connectivity index (χ1v) is 6.80. The maximum atomic E-state index is 6.21. The quantitative estimate of drug-likeness (QED) is 0.842. The third kappa shape index (κ3) is 3.72. The fourth-order valence-electron chi connectivity index (χ4n) is 2.48. The first kappa shape index (κ1) is 13.4. The summed E-state index contributed by atoms with van der Waals surface area (Å²) in [5.41, 5.74) is 7.36. The normalized spacial score (nSPS) is 20.9. The van der Waals surface area contributed by atoms with E-state index in [9.17, 15) is 0 Å². The molecule has 2 atom stereocenters. The SMILES string of the molecule is COc1cccc(C(N)CCCC2CCCO2)c1. The van der Waals surface area contributed by atoms with Crippen LogP contribution in [-0.4, -0.2) is 19.8 Å². The minimum Gasteiger partial charge on any atom is -0.497 e. The molecule has 0 spiro atoms. The van der Waals surface area contributed by atoms with Gasteiger partial charge in [-0.15, -0.1) is 0 Å². The molecule has 1 saturated heterocycles. The molecule has 0 aromatic heterocycles. The molecule has 1 fully saturated rings. The Morgan fingerprint density at radius 1 is 1.50 bits per heavy atom. The topological polar surface area (TPSA) is 44.5 Å². The van der Waals surface area contributed by atoms with Gasteiger partial charge in [-0.05, 0) is 49.8 Å². The van der Waals surface area contributed by atoms with Gasteiger partial charge in [0, 0.05) is 12.6 Å². The van der Waals surface area contributed by atoms with Gasteiger partial charge in [-0.25, -0.2) is 0 Å². The van der Waals surface area contributed by atoms with Crippen molar-refractivity contribution in [3.05, 3.63) is 29.8 Å². The zero-order chi connectivity index (χ0) is 12.8. The highest BCUT2D eigenvalue weighted by Crippen LogP contribution is 2.23. The maximum absolute atomic E-state index is 6.21. The highest BCUT2D eigenvalue weighted by molar-refractivity contribution is 5.30. The lowest BCUT2D eigenvalue weighted by atomic mass is 10.00. The van der Waals surface area contributed by atoms with E-state index in [0.29, 0.717) is 6.10 Å². The Balaban J connectivity index is 1.77. The molecule has 2 N–H and O–H groups in total. The predicted octanol–water partition coefficient (Wildman–Crippen LogP) is 3.04. The van der Waals surface area contributed by atoms with Gasteiger partial charge in [-0.1, -0.05) is 12.1 Å². The van der Waals surface area contributed by atoms with Crippen LogP contribution in [0.4, 0.5) is 0 Å². The van der Waals surface area contributed by atoms with Crippen molar-refractivity contribution in [2.45, 2.75) is 44.2 Å². The Bertz CT molecular complexity index is 361. The largest absolute Gasteiger partial charge is 0.497 e. The highest BCUT2D eigenvalue weighted by Gasteiger charge is 2.15. The van der Waals surface area contributed by atoms with Crippen molar-refractivity contribution < 1.29 is 9.47 Å². The summed E-state index contributed by atoms with van der Waals surface area (Å²) in [4.78, 5) is 0. The summed E-state index contributed by atoms with van der Waals surface area (Å²) in [5, 5.41) is 0.